The first-order chi connectivity index (χ1) is 11.4. The van der Waals surface area contributed by atoms with Crippen molar-refractivity contribution in [1.82, 2.24) is 4.90 Å². The van der Waals surface area contributed by atoms with Gasteiger partial charge >= 0.3 is 0 Å². The van der Waals surface area contributed by atoms with Crippen molar-refractivity contribution in [3.05, 3.63) is 53.5 Å². The molecule has 4 heteroatoms. The third-order valence-corrected chi connectivity index (χ3v) is 4.70. The van der Waals surface area contributed by atoms with E-state index in [1.54, 1.807) is 6.26 Å². The predicted octanol–water partition coefficient (Wildman–Crippen LogP) is 3.22. The molecule has 3 heterocycles. The van der Waals surface area contributed by atoms with Crippen LogP contribution in [0.5, 0.6) is 5.75 Å². The highest BCUT2D eigenvalue weighted by molar-refractivity contribution is 5.39. The van der Waals surface area contributed by atoms with E-state index in [1.165, 1.54) is 17.5 Å². The van der Waals surface area contributed by atoms with E-state index in [0.717, 1.165) is 57.2 Å². The summed E-state index contributed by atoms with van der Waals surface area (Å²) in [7, 11) is 0. The molecule has 0 spiro atoms. The lowest BCUT2D eigenvalue weighted by Crippen LogP contribution is -2.38. The van der Waals surface area contributed by atoms with Crippen LogP contribution in [-0.2, 0) is 17.6 Å². The van der Waals surface area contributed by atoms with Gasteiger partial charge in [0, 0.05) is 19.5 Å². The Balaban J connectivity index is 1.27. The molecule has 1 fully saturated rings. The van der Waals surface area contributed by atoms with Crippen molar-refractivity contribution < 1.29 is 13.9 Å². The molecule has 4 nitrogen and oxygen atoms in total. The largest absolute Gasteiger partial charge is 0.493 e. The first kappa shape index (κ1) is 14.8. The number of ether oxygens (including phenoxy) is 2. The number of rotatable bonds is 5. The van der Waals surface area contributed by atoms with E-state index in [0.29, 0.717) is 0 Å². The highest BCUT2D eigenvalue weighted by Crippen LogP contribution is 2.26. The number of nitrogens with zero attached hydrogens (tertiary/aromatic N) is 1. The van der Waals surface area contributed by atoms with Gasteiger partial charge < -0.3 is 13.9 Å². The Kier molecular flexibility index (Phi) is 4.35. The van der Waals surface area contributed by atoms with E-state index in [9.17, 15) is 0 Å². The second-order valence-electron chi connectivity index (χ2n) is 6.32. The minimum absolute atomic E-state index is 0.0795. The molecular formula is C19H23NO3. The van der Waals surface area contributed by atoms with E-state index in [1.807, 2.05) is 12.1 Å². The number of fused-ring (bicyclic) bond motifs is 1. The number of morpholine rings is 1. The fourth-order valence-corrected chi connectivity index (χ4v) is 3.45. The average Bonchev–Trinajstić information content (AvgIpc) is 3.26. The molecule has 0 radical (unpaired) electrons. The van der Waals surface area contributed by atoms with Gasteiger partial charge in [-0.1, -0.05) is 12.1 Å². The first-order valence-electron chi connectivity index (χ1n) is 8.50. The zero-order valence-corrected chi connectivity index (χ0v) is 13.4. The van der Waals surface area contributed by atoms with E-state index in [4.69, 9.17) is 13.9 Å². The quantitative estimate of drug-likeness (QED) is 0.849. The van der Waals surface area contributed by atoms with Crippen LogP contribution in [0.2, 0.25) is 0 Å². The van der Waals surface area contributed by atoms with Gasteiger partial charge in [0.2, 0.25) is 0 Å². The van der Waals surface area contributed by atoms with Gasteiger partial charge in [-0.2, -0.15) is 0 Å². The summed E-state index contributed by atoms with van der Waals surface area (Å²) in [6, 6.07) is 10.6. The summed E-state index contributed by atoms with van der Waals surface area (Å²) in [5.74, 6) is 2.01. The Morgan fingerprint density at radius 2 is 2.17 bits per heavy atom. The van der Waals surface area contributed by atoms with Crippen LogP contribution in [-0.4, -0.2) is 37.7 Å². The monoisotopic (exact) mass is 313 g/mol. The van der Waals surface area contributed by atoms with Gasteiger partial charge in [0.1, 0.15) is 17.6 Å². The van der Waals surface area contributed by atoms with Gasteiger partial charge in [-0.3, -0.25) is 4.90 Å². The maximum Gasteiger partial charge on any atom is 0.133 e. The van der Waals surface area contributed by atoms with Crippen molar-refractivity contribution in [1.29, 1.82) is 0 Å². The second-order valence-corrected chi connectivity index (χ2v) is 6.32. The van der Waals surface area contributed by atoms with Crippen LogP contribution in [0.3, 0.4) is 0 Å². The minimum Gasteiger partial charge on any atom is -0.493 e. The summed E-state index contributed by atoms with van der Waals surface area (Å²) < 4.78 is 16.9. The maximum atomic E-state index is 5.82. The Morgan fingerprint density at radius 3 is 3.09 bits per heavy atom. The minimum atomic E-state index is 0.0795. The van der Waals surface area contributed by atoms with Gasteiger partial charge in [0.25, 0.3) is 0 Å². The topological polar surface area (TPSA) is 34.8 Å². The summed E-state index contributed by atoms with van der Waals surface area (Å²) >= 11 is 0. The lowest BCUT2D eigenvalue weighted by Gasteiger charge is -2.31. The molecule has 2 aliphatic rings. The molecule has 0 saturated carbocycles. The highest BCUT2D eigenvalue weighted by atomic mass is 16.5. The summed E-state index contributed by atoms with van der Waals surface area (Å²) in [6.45, 7) is 4.65. The summed E-state index contributed by atoms with van der Waals surface area (Å²) in [5, 5.41) is 0. The van der Waals surface area contributed by atoms with Crippen LogP contribution in [0.4, 0.5) is 0 Å². The Morgan fingerprint density at radius 1 is 1.17 bits per heavy atom. The van der Waals surface area contributed by atoms with Crippen LogP contribution in [0, 0.1) is 0 Å². The van der Waals surface area contributed by atoms with Crippen molar-refractivity contribution in [3.8, 4) is 5.75 Å². The van der Waals surface area contributed by atoms with E-state index in [-0.39, 0.29) is 6.10 Å². The second kappa shape index (κ2) is 6.77. The molecule has 122 valence electrons. The van der Waals surface area contributed by atoms with Crippen molar-refractivity contribution >= 4 is 0 Å². The van der Waals surface area contributed by atoms with Gasteiger partial charge in [-0.05, 0) is 48.7 Å². The van der Waals surface area contributed by atoms with E-state index >= 15 is 0 Å². The number of hydrogen-bond donors (Lipinski definition) is 0. The number of benzene rings is 1. The summed E-state index contributed by atoms with van der Waals surface area (Å²) in [6.07, 6.45) is 5.14. The van der Waals surface area contributed by atoms with Crippen LogP contribution < -0.4 is 4.74 Å². The van der Waals surface area contributed by atoms with Gasteiger partial charge in [-0.15, -0.1) is 0 Å². The van der Waals surface area contributed by atoms with Gasteiger partial charge in [0.15, 0.2) is 0 Å². The van der Waals surface area contributed by atoms with Crippen LogP contribution in [0.1, 0.15) is 29.4 Å². The number of hydrogen-bond acceptors (Lipinski definition) is 4. The molecule has 2 aromatic rings. The normalized spacial score (nSPS) is 21.1. The Bertz CT molecular complexity index is 638. The SMILES string of the molecule is c1coc([C@H]2CN(CCCc3ccc4c(c3)CCO4)CCO2)c1. The molecule has 0 N–H and O–H groups in total. The van der Waals surface area contributed by atoms with Crippen molar-refractivity contribution in [2.45, 2.75) is 25.4 Å². The third kappa shape index (κ3) is 3.43. The fourth-order valence-electron chi connectivity index (χ4n) is 3.45. The molecule has 0 bridgehead atoms. The molecule has 0 amide bonds. The molecule has 23 heavy (non-hydrogen) atoms. The molecule has 1 saturated heterocycles. The molecule has 0 unspecified atom stereocenters. The van der Waals surface area contributed by atoms with Crippen molar-refractivity contribution in [2.24, 2.45) is 0 Å². The number of furan rings is 1. The third-order valence-electron chi connectivity index (χ3n) is 4.70. The van der Waals surface area contributed by atoms with Crippen LogP contribution in [0.15, 0.2) is 41.0 Å². The summed E-state index contributed by atoms with van der Waals surface area (Å²) in [4.78, 5) is 2.48. The van der Waals surface area contributed by atoms with Crippen molar-refractivity contribution in [3.63, 3.8) is 0 Å². The molecule has 2 aliphatic heterocycles. The number of aryl methyl sites for hydroxylation is 1. The van der Waals surface area contributed by atoms with Crippen LogP contribution >= 0.6 is 0 Å². The molecule has 1 aromatic heterocycles. The first-order valence-corrected chi connectivity index (χ1v) is 8.50. The Labute approximate surface area is 137 Å². The smallest absolute Gasteiger partial charge is 0.133 e. The lowest BCUT2D eigenvalue weighted by molar-refractivity contribution is -0.0401. The van der Waals surface area contributed by atoms with Crippen LogP contribution in [0.25, 0.3) is 0 Å². The summed E-state index contributed by atoms with van der Waals surface area (Å²) in [5.41, 5.74) is 2.79. The van der Waals surface area contributed by atoms with E-state index < -0.39 is 0 Å². The standard InChI is InChI=1S/C19H23NO3/c1(3-15-5-6-17-16(13-15)7-11-22-17)8-20-9-12-23-19(14-20)18-4-2-10-21-18/h2,4-6,10,13,19H,1,3,7-9,11-12,14H2/t19-/m1/s1. The Hall–Kier alpha value is -1.78. The molecular weight excluding hydrogens is 290 g/mol. The fraction of sp³-hybridized carbons (Fsp3) is 0.474. The molecule has 1 aromatic carbocycles. The van der Waals surface area contributed by atoms with Gasteiger partial charge in [0.05, 0.1) is 19.5 Å². The molecule has 4 rings (SSSR count). The molecule has 0 aliphatic carbocycles. The molecule has 1 atom stereocenters. The lowest BCUT2D eigenvalue weighted by atomic mass is 10.0. The zero-order valence-electron chi connectivity index (χ0n) is 13.4. The van der Waals surface area contributed by atoms with E-state index in [2.05, 4.69) is 23.1 Å². The highest BCUT2D eigenvalue weighted by Gasteiger charge is 2.23. The average molecular weight is 313 g/mol. The van der Waals surface area contributed by atoms with Gasteiger partial charge in [-0.25, -0.2) is 0 Å². The maximum absolute atomic E-state index is 5.82. The predicted molar refractivity (Wildman–Crippen MR) is 87.8 cm³/mol. The zero-order chi connectivity index (χ0) is 15.5. The van der Waals surface area contributed by atoms with Crippen molar-refractivity contribution in [2.75, 3.05) is 32.8 Å².